The average Bonchev–Trinajstić information content (AvgIpc) is 3.41. The maximum absolute atomic E-state index is 12.2. The number of imide groups is 1. The van der Waals surface area contributed by atoms with Crippen molar-refractivity contribution in [2.45, 2.75) is 51.0 Å². The van der Waals surface area contributed by atoms with Gasteiger partial charge in [0.25, 0.3) is 11.8 Å². The number of nitrogens with zero attached hydrogens (tertiary/aromatic N) is 1. The van der Waals surface area contributed by atoms with Gasteiger partial charge in [-0.1, -0.05) is 73.7 Å². The van der Waals surface area contributed by atoms with Crippen LogP contribution in [0.25, 0.3) is 23.3 Å². The van der Waals surface area contributed by atoms with Crippen LogP contribution in [0.5, 0.6) is 5.75 Å². The van der Waals surface area contributed by atoms with Gasteiger partial charge in [0.1, 0.15) is 11.9 Å². The monoisotopic (exact) mass is 619 g/mol. The minimum atomic E-state index is -0.589. The van der Waals surface area contributed by atoms with Crippen molar-refractivity contribution in [2.24, 2.45) is 0 Å². The number of amides is 2. The number of carbonyl (C=O) groups excluding carboxylic acids is 4. The van der Waals surface area contributed by atoms with E-state index in [2.05, 4.69) is 6.58 Å². The summed E-state index contributed by atoms with van der Waals surface area (Å²) in [5.41, 5.74) is 4.74. The predicted octanol–water partition coefficient (Wildman–Crippen LogP) is 7.09. The van der Waals surface area contributed by atoms with Crippen molar-refractivity contribution in [1.82, 2.24) is 0 Å². The van der Waals surface area contributed by atoms with Crippen molar-refractivity contribution in [3.63, 3.8) is 0 Å². The van der Waals surface area contributed by atoms with E-state index in [1.807, 2.05) is 72.8 Å². The van der Waals surface area contributed by atoms with Crippen LogP contribution in [-0.4, -0.2) is 43.1 Å². The quantitative estimate of drug-likeness (QED) is 0.0662. The summed E-state index contributed by atoms with van der Waals surface area (Å²) in [4.78, 5) is 49.1. The first-order chi connectivity index (χ1) is 22.4. The van der Waals surface area contributed by atoms with Crippen LogP contribution in [0.2, 0.25) is 0 Å². The number of hydrogen-bond donors (Lipinski definition) is 0. The van der Waals surface area contributed by atoms with E-state index in [-0.39, 0.29) is 36.5 Å². The summed E-state index contributed by atoms with van der Waals surface area (Å²) >= 11 is 0. The average molecular weight is 620 g/mol. The zero-order chi connectivity index (χ0) is 32.3. The molecule has 0 saturated heterocycles. The van der Waals surface area contributed by atoms with Crippen LogP contribution < -0.4 is 9.64 Å². The summed E-state index contributed by atoms with van der Waals surface area (Å²) in [6, 6.07) is 23.2. The highest BCUT2D eigenvalue weighted by atomic mass is 16.5. The first-order valence-corrected chi connectivity index (χ1v) is 15.6. The third-order valence-electron chi connectivity index (χ3n) is 7.81. The predicted molar refractivity (Wildman–Crippen MR) is 177 cm³/mol. The second kappa shape index (κ2) is 15.7. The molecule has 1 aliphatic heterocycles. The van der Waals surface area contributed by atoms with Gasteiger partial charge in [-0.3, -0.25) is 14.4 Å². The molecule has 1 aliphatic carbocycles. The summed E-state index contributed by atoms with van der Waals surface area (Å²) < 4.78 is 16.5. The van der Waals surface area contributed by atoms with Crippen molar-refractivity contribution in [1.29, 1.82) is 0 Å². The van der Waals surface area contributed by atoms with Gasteiger partial charge in [-0.2, -0.15) is 0 Å². The van der Waals surface area contributed by atoms with Crippen LogP contribution in [-0.2, 0) is 28.7 Å². The molecule has 236 valence electrons. The van der Waals surface area contributed by atoms with Gasteiger partial charge in [-0.25, -0.2) is 9.69 Å². The van der Waals surface area contributed by atoms with Crippen LogP contribution in [0.4, 0.5) is 5.69 Å². The maximum Gasteiger partial charge on any atom is 0.333 e. The summed E-state index contributed by atoms with van der Waals surface area (Å²) in [5.74, 6) is -0.969. The van der Waals surface area contributed by atoms with Crippen molar-refractivity contribution >= 4 is 41.6 Å². The highest BCUT2D eigenvalue weighted by Crippen LogP contribution is 2.25. The molecule has 1 saturated carbocycles. The van der Waals surface area contributed by atoms with Gasteiger partial charge in [-0.05, 0) is 72.2 Å². The van der Waals surface area contributed by atoms with Crippen LogP contribution >= 0.6 is 0 Å². The number of benzene rings is 3. The van der Waals surface area contributed by atoms with Gasteiger partial charge < -0.3 is 14.2 Å². The molecular formula is C38H37NO7. The molecule has 8 heteroatoms. The second-order valence-electron chi connectivity index (χ2n) is 11.3. The fourth-order valence-electron chi connectivity index (χ4n) is 5.28. The Balaban J connectivity index is 1.01. The number of carbonyl (C=O) groups is 4. The fourth-order valence-corrected chi connectivity index (χ4v) is 5.28. The lowest BCUT2D eigenvalue weighted by atomic mass is 9.98. The van der Waals surface area contributed by atoms with Crippen LogP contribution in [0.15, 0.2) is 97.1 Å². The van der Waals surface area contributed by atoms with Crippen molar-refractivity contribution in [3.8, 4) is 16.9 Å². The van der Waals surface area contributed by atoms with Gasteiger partial charge in [-0.15, -0.1) is 0 Å². The van der Waals surface area contributed by atoms with Crippen molar-refractivity contribution < 1.29 is 33.4 Å². The lowest BCUT2D eigenvalue weighted by Gasteiger charge is -2.21. The maximum atomic E-state index is 12.2. The lowest BCUT2D eigenvalue weighted by Crippen LogP contribution is -2.29. The van der Waals surface area contributed by atoms with Crippen molar-refractivity contribution in [2.75, 3.05) is 18.1 Å². The Morgan fingerprint density at radius 2 is 1.33 bits per heavy atom. The van der Waals surface area contributed by atoms with Gasteiger partial charge in [0, 0.05) is 24.1 Å². The van der Waals surface area contributed by atoms with E-state index in [0.29, 0.717) is 24.5 Å². The molecule has 3 aromatic carbocycles. The first kappa shape index (κ1) is 32.2. The Hall–Kier alpha value is -5.24. The molecule has 0 N–H and O–H groups in total. The highest BCUT2D eigenvalue weighted by molar-refractivity contribution is 6.28. The topological polar surface area (TPSA) is 99.2 Å². The van der Waals surface area contributed by atoms with E-state index in [1.54, 1.807) is 12.1 Å². The van der Waals surface area contributed by atoms with Gasteiger partial charge in [0.15, 0.2) is 0 Å². The second-order valence-corrected chi connectivity index (χ2v) is 11.3. The van der Waals surface area contributed by atoms with E-state index < -0.39 is 11.9 Å². The van der Waals surface area contributed by atoms with Crippen LogP contribution in [0.3, 0.4) is 0 Å². The first-order valence-electron chi connectivity index (χ1n) is 15.6. The van der Waals surface area contributed by atoms with E-state index in [9.17, 15) is 19.2 Å². The summed E-state index contributed by atoms with van der Waals surface area (Å²) in [6.07, 6.45) is 11.9. The highest BCUT2D eigenvalue weighted by Gasteiger charge is 2.24. The van der Waals surface area contributed by atoms with E-state index in [4.69, 9.17) is 14.2 Å². The zero-order valence-electron chi connectivity index (χ0n) is 25.7. The molecule has 5 rings (SSSR count). The summed E-state index contributed by atoms with van der Waals surface area (Å²) in [7, 11) is 0. The number of hydrogen-bond acceptors (Lipinski definition) is 7. The molecule has 3 aromatic rings. The van der Waals surface area contributed by atoms with E-state index >= 15 is 0 Å². The minimum Gasteiger partial charge on any atom is -0.493 e. The van der Waals surface area contributed by atoms with E-state index in [0.717, 1.165) is 52.8 Å². The molecule has 1 heterocycles. The Labute approximate surface area is 269 Å². The summed E-state index contributed by atoms with van der Waals surface area (Å²) in [5, 5.41) is 0. The van der Waals surface area contributed by atoms with Gasteiger partial charge in [0.2, 0.25) is 0 Å². The van der Waals surface area contributed by atoms with Gasteiger partial charge >= 0.3 is 11.9 Å². The zero-order valence-corrected chi connectivity index (χ0v) is 25.7. The molecule has 2 aliphatic rings. The normalized spacial score (nSPS) is 14.9. The number of esters is 2. The third-order valence-corrected chi connectivity index (χ3v) is 7.81. The Morgan fingerprint density at radius 1 is 0.761 bits per heavy atom. The Kier molecular flexibility index (Phi) is 10.9. The standard InChI is InChI=1S/C38H37NO7/c1-27(26-37(42)46-34-6-3-2-4-7-34)38(43)45-25-5-24-44-33-20-16-31(17-21-33)30-14-10-28(11-15-30)8-9-29-12-18-32(19-13-29)39-35(40)22-23-36(39)41/h8-23,34H,1-7,24-26H2/b9-8+. The fraction of sp³-hybridized carbons (Fsp3) is 0.263. The van der Waals surface area contributed by atoms with Crippen LogP contribution in [0.1, 0.15) is 56.1 Å². The molecule has 2 amide bonds. The number of ether oxygens (including phenoxy) is 3. The third kappa shape index (κ3) is 8.91. The van der Waals surface area contributed by atoms with E-state index in [1.165, 1.54) is 18.6 Å². The Morgan fingerprint density at radius 3 is 1.93 bits per heavy atom. The Bertz CT molecular complexity index is 1590. The molecular weight excluding hydrogens is 582 g/mol. The lowest BCUT2D eigenvalue weighted by molar-refractivity contribution is -0.151. The molecule has 0 spiro atoms. The minimum absolute atomic E-state index is 0.0505. The van der Waals surface area contributed by atoms with Crippen LogP contribution in [0, 0.1) is 0 Å². The SMILES string of the molecule is C=C(CC(=O)OC1CCCCC1)C(=O)OCCCOc1ccc(-c2ccc(/C=C/c3ccc(N4C(=O)C=CC4=O)cc3)cc2)cc1. The smallest absolute Gasteiger partial charge is 0.333 e. The van der Waals surface area contributed by atoms with Gasteiger partial charge in [0.05, 0.1) is 25.3 Å². The molecule has 0 unspecified atom stereocenters. The molecule has 0 atom stereocenters. The molecule has 1 fully saturated rings. The molecule has 0 aromatic heterocycles. The molecule has 0 bridgehead atoms. The summed E-state index contributed by atoms with van der Waals surface area (Å²) in [6.45, 7) is 4.22. The number of anilines is 1. The molecule has 0 radical (unpaired) electrons. The number of rotatable bonds is 13. The van der Waals surface area contributed by atoms with Crippen molar-refractivity contribution in [3.05, 3.63) is 108 Å². The molecule has 8 nitrogen and oxygen atoms in total. The largest absolute Gasteiger partial charge is 0.493 e. The molecule has 46 heavy (non-hydrogen) atoms.